The van der Waals surface area contributed by atoms with Crippen LogP contribution in [0.5, 0.6) is 0 Å². The molecule has 0 aliphatic carbocycles. The highest BCUT2D eigenvalue weighted by Gasteiger charge is 2.21. The lowest BCUT2D eigenvalue weighted by Gasteiger charge is -2.18. The van der Waals surface area contributed by atoms with Crippen molar-refractivity contribution < 1.29 is 14.3 Å². The minimum absolute atomic E-state index is 0.100. The number of amides is 1. The quantitative estimate of drug-likeness (QED) is 0.601. The highest BCUT2D eigenvalue weighted by Crippen LogP contribution is 2.23. The van der Waals surface area contributed by atoms with Crippen molar-refractivity contribution in [2.45, 2.75) is 32.8 Å². The summed E-state index contributed by atoms with van der Waals surface area (Å²) in [6.07, 6.45) is 1.36. The fourth-order valence-electron chi connectivity index (χ4n) is 2.37. The van der Waals surface area contributed by atoms with Crippen LogP contribution in [0.25, 0.3) is 0 Å². The van der Waals surface area contributed by atoms with Gasteiger partial charge < -0.3 is 15.0 Å². The molecule has 1 fully saturated rings. The third kappa shape index (κ3) is 5.87. The molecule has 0 unspecified atom stereocenters. The van der Waals surface area contributed by atoms with Crippen LogP contribution in [0.15, 0.2) is 18.2 Å². The highest BCUT2D eigenvalue weighted by molar-refractivity contribution is 8.23. The normalized spacial score (nSPS) is 14.9. The van der Waals surface area contributed by atoms with Gasteiger partial charge in [-0.3, -0.25) is 9.59 Å². The second kappa shape index (κ2) is 9.40. The third-order valence-electron chi connectivity index (χ3n) is 3.88. The summed E-state index contributed by atoms with van der Waals surface area (Å²) in [5.41, 5.74) is 1.37. The summed E-state index contributed by atoms with van der Waals surface area (Å²) in [7, 11) is 0. The molecule has 1 amide bonds. The number of thiocarbonyl (C=S) groups is 1. The number of hydrogen-bond donors (Lipinski definition) is 1. The van der Waals surface area contributed by atoms with Crippen LogP contribution >= 0.6 is 35.6 Å². The monoisotopic (exact) mass is 400 g/mol. The average Bonchev–Trinajstić information content (AvgIpc) is 3.11. The van der Waals surface area contributed by atoms with E-state index in [0.717, 1.165) is 31.5 Å². The first-order valence-electron chi connectivity index (χ1n) is 8.05. The van der Waals surface area contributed by atoms with E-state index < -0.39 is 18.0 Å². The van der Waals surface area contributed by atoms with E-state index in [9.17, 15) is 9.59 Å². The van der Waals surface area contributed by atoms with E-state index in [0.29, 0.717) is 15.0 Å². The van der Waals surface area contributed by atoms with Crippen LogP contribution in [-0.2, 0) is 14.3 Å². The molecule has 0 aromatic heterocycles. The van der Waals surface area contributed by atoms with Gasteiger partial charge in [-0.1, -0.05) is 41.6 Å². The number of ether oxygens (including phenoxy) is 1. The van der Waals surface area contributed by atoms with Gasteiger partial charge in [-0.05, 0) is 44.4 Å². The number of hydrogen-bond acceptors (Lipinski definition) is 5. The minimum Gasteiger partial charge on any atom is -0.452 e. The Labute approximate surface area is 162 Å². The third-order valence-corrected chi connectivity index (χ3v) is 5.79. The van der Waals surface area contributed by atoms with E-state index in [2.05, 4.69) is 10.2 Å². The number of rotatable bonds is 5. The SMILES string of the molecule is Cc1c(Cl)cccc1NC(=O)[C@H](C)OC(=O)CSC(=S)N1CCCC1. The van der Waals surface area contributed by atoms with Gasteiger partial charge in [-0.15, -0.1) is 0 Å². The topological polar surface area (TPSA) is 58.6 Å². The van der Waals surface area contributed by atoms with Crippen LogP contribution < -0.4 is 5.32 Å². The smallest absolute Gasteiger partial charge is 0.317 e. The van der Waals surface area contributed by atoms with Crippen molar-refractivity contribution in [1.29, 1.82) is 0 Å². The number of anilines is 1. The maximum absolute atomic E-state index is 12.2. The van der Waals surface area contributed by atoms with Crippen LogP contribution in [-0.4, -0.2) is 46.0 Å². The molecular weight excluding hydrogens is 380 g/mol. The van der Waals surface area contributed by atoms with Gasteiger partial charge in [0.25, 0.3) is 5.91 Å². The molecular formula is C17H21ClN2O3S2. The molecule has 2 rings (SSSR count). The van der Waals surface area contributed by atoms with E-state index in [1.807, 2.05) is 6.92 Å². The summed E-state index contributed by atoms with van der Waals surface area (Å²) in [6.45, 7) is 5.23. The molecule has 8 heteroatoms. The Morgan fingerprint density at radius 2 is 2.08 bits per heavy atom. The Hall–Kier alpha value is -1.31. The predicted molar refractivity (Wildman–Crippen MR) is 106 cm³/mol. The lowest BCUT2D eigenvalue weighted by Crippen LogP contribution is -2.31. The van der Waals surface area contributed by atoms with Gasteiger partial charge in [0.1, 0.15) is 4.32 Å². The van der Waals surface area contributed by atoms with E-state index in [-0.39, 0.29) is 5.75 Å². The Morgan fingerprint density at radius 3 is 2.76 bits per heavy atom. The summed E-state index contributed by atoms with van der Waals surface area (Å²) in [5.74, 6) is -0.758. The van der Waals surface area contributed by atoms with Gasteiger partial charge in [0.15, 0.2) is 6.10 Å². The first-order chi connectivity index (χ1) is 11.9. The number of thioether (sulfide) groups is 1. The molecule has 5 nitrogen and oxygen atoms in total. The summed E-state index contributed by atoms with van der Waals surface area (Å²) in [4.78, 5) is 26.2. The van der Waals surface area contributed by atoms with Crippen LogP contribution in [0.4, 0.5) is 5.69 Å². The van der Waals surface area contributed by atoms with Crippen molar-refractivity contribution in [2.75, 3.05) is 24.2 Å². The van der Waals surface area contributed by atoms with Gasteiger partial charge in [0, 0.05) is 23.8 Å². The second-order valence-corrected chi connectivity index (χ2v) is 7.80. The molecule has 1 N–H and O–H groups in total. The van der Waals surface area contributed by atoms with Crippen LogP contribution in [0.1, 0.15) is 25.3 Å². The molecule has 1 heterocycles. The Bertz CT molecular complexity index is 663. The van der Waals surface area contributed by atoms with E-state index >= 15 is 0 Å². The summed E-state index contributed by atoms with van der Waals surface area (Å²) in [5, 5.41) is 3.29. The first kappa shape index (κ1) is 20.0. The molecule has 1 atom stereocenters. The maximum Gasteiger partial charge on any atom is 0.317 e. The van der Waals surface area contributed by atoms with Crippen molar-refractivity contribution in [1.82, 2.24) is 4.90 Å². The number of esters is 1. The zero-order chi connectivity index (χ0) is 18.4. The van der Waals surface area contributed by atoms with Crippen LogP contribution in [0, 0.1) is 6.92 Å². The molecule has 1 saturated heterocycles. The Kier molecular flexibility index (Phi) is 7.53. The molecule has 136 valence electrons. The fraction of sp³-hybridized carbons (Fsp3) is 0.471. The van der Waals surface area contributed by atoms with Gasteiger partial charge in [-0.2, -0.15) is 0 Å². The van der Waals surface area contributed by atoms with Crippen molar-refractivity contribution in [3.05, 3.63) is 28.8 Å². The number of benzene rings is 1. The van der Waals surface area contributed by atoms with Crippen LogP contribution in [0.2, 0.25) is 5.02 Å². The number of carbonyl (C=O) groups excluding carboxylic acids is 2. The van der Waals surface area contributed by atoms with Gasteiger partial charge in [0.05, 0.1) is 5.75 Å². The summed E-state index contributed by atoms with van der Waals surface area (Å²) >= 11 is 12.6. The van der Waals surface area contributed by atoms with Crippen molar-refractivity contribution >= 4 is 57.5 Å². The second-order valence-electron chi connectivity index (χ2n) is 5.78. The zero-order valence-corrected chi connectivity index (χ0v) is 16.6. The number of carbonyl (C=O) groups is 2. The molecule has 0 saturated carbocycles. The van der Waals surface area contributed by atoms with Crippen molar-refractivity contribution in [3.8, 4) is 0 Å². The molecule has 1 aliphatic heterocycles. The van der Waals surface area contributed by atoms with Crippen molar-refractivity contribution in [2.24, 2.45) is 0 Å². The molecule has 25 heavy (non-hydrogen) atoms. The average molecular weight is 401 g/mol. The highest BCUT2D eigenvalue weighted by atomic mass is 35.5. The molecule has 0 bridgehead atoms. The molecule has 0 radical (unpaired) electrons. The number of halogens is 1. The molecule has 1 aromatic carbocycles. The van der Waals surface area contributed by atoms with E-state index in [1.165, 1.54) is 18.7 Å². The first-order valence-corrected chi connectivity index (χ1v) is 9.83. The number of nitrogens with zero attached hydrogens (tertiary/aromatic N) is 1. The standard InChI is InChI=1S/C17H21ClN2O3S2/c1-11-13(18)6-5-7-14(11)19-16(22)12(2)23-15(21)10-25-17(24)20-8-3-4-9-20/h5-7,12H,3-4,8-10H2,1-2H3,(H,19,22)/t12-/m0/s1. The van der Waals surface area contributed by atoms with E-state index in [1.54, 1.807) is 18.2 Å². The summed E-state index contributed by atoms with van der Waals surface area (Å²) < 4.78 is 5.89. The Balaban J connectivity index is 1.78. The van der Waals surface area contributed by atoms with Gasteiger partial charge in [-0.25, -0.2) is 0 Å². The van der Waals surface area contributed by atoms with Crippen molar-refractivity contribution in [3.63, 3.8) is 0 Å². The summed E-state index contributed by atoms with van der Waals surface area (Å²) in [6, 6.07) is 5.24. The van der Waals surface area contributed by atoms with Gasteiger partial charge >= 0.3 is 5.97 Å². The maximum atomic E-state index is 12.2. The fourth-order valence-corrected chi connectivity index (χ4v) is 3.58. The lowest BCUT2D eigenvalue weighted by molar-refractivity contribution is -0.150. The predicted octanol–water partition coefficient (Wildman–Crippen LogP) is 3.63. The van der Waals surface area contributed by atoms with Crippen LogP contribution in [0.3, 0.4) is 0 Å². The number of nitrogens with one attached hydrogen (secondary N) is 1. The number of likely N-dealkylation sites (tertiary alicyclic amines) is 1. The zero-order valence-electron chi connectivity index (χ0n) is 14.2. The minimum atomic E-state index is -0.896. The largest absolute Gasteiger partial charge is 0.452 e. The van der Waals surface area contributed by atoms with E-state index in [4.69, 9.17) is 28.6 Å². The molecule has 1 aliphatic rings. The lowest BCUT2D eigenvalue weighted by atomic mass is 10.2. The molecule has 0 spiro atoms. The Morgan fingerprint density at radius 1 is 1.40 bits per heavy atom. The molecule has 1 aromatic rings. The van der Waals surface area contributed by atoms with Gasteiger partial charge in [0.2, 0.25) is 0 Å².